The van der Waals surface area contributed by atoms with Crippen molar-refractivity contribution in [2.75, 3.05) is 7.05 Å². The lowest BCUT2D eigenvalue weighted by molar-refractivity contribution is 0.0652. The van der Waals surface area contributed by atoms with E-state index in [9.17, 15) is 4.79 Å². The van der Waals surface area contributed by atoms with Gasteiger partial charge in [0.1, 0.15) is 5.15 Å². The first kappa shape index (κ1) is 13.3. The third kappa shape index (κ3) is 2.66. The molecule has 0 aliphatic heterocycles. The average molecular weight is 267 g/mol. The zero-order chi connectivity index (χ0) is 13.3. The van der Waals surface area contributed by atoms with Crippen LogP contribution in [-0.4, -0.2) is 28.9 Å². The Morgan fingerprint density at radius 3 is 2.61 bits per heavy atom. The molecule has 2 rings (SSSR count). The number of aromatic nitrogens is 1. The van der Waals surface area contributed by atoms with E-state index in [1.165, 1.54) is 6.42 Å². The van der Waals surface area contributed by atoms with E-state index < -0.39 is 0 Å². The number of hydrogen-bond donors (Lipinski definition) is 0. The number of nitrogens with zero attached hydrogens (tertiary/aromatic N) is 2. The second kappa shape index (κ2) is 5.27. The molecule has 0 aromatic carbocycles. The van der Waals surface area contributed by atoms with Gasteiger partial charge < -0.3 is 4.90 Å². The van der Waals surface area contributed by atoms with E-state index in [1.807, 2.05) is 31.9 Å². The predicted octanol–water partition coefficient (Wildman–Crippen LogP) is 3.48. The van der Waals surface area contributed by atoms with Gasteiger partial charge in [-0.3, -0.25) is 4.79 Å². The number of amides is 1. The van der Waals surface area contributed by atoms with Crippen molar-refractivity contribution in [2.45, 2.75) is 45.1 Å². The fraction of sp³-hybridized carbons (Fsp3) is 0.571. The molecule has 1 amide bonds. The van der Waals surface area contributed by atoms with Gasteiger partial charge in [0.05, 0.1) is 0 Å². The predicted molar refractivity (Wildman–Crippen MR) is 73.1 cm³/mol. The maximum atomic E-state index is 12.3. The minimum atomic E-state index is 0.0471. The molecular weight excluding hydrogens is 248 g/mol. The third-order valence-electron chi connectivity index (χ3n) is 3.60. The van der Waals surface area contributed by atoms with Gasteiger partial charge in [-0.15, -0.1) is 0 Å². The van der Waals surface area contributed by atoms with Crippen LogP contribution in [0.3, 0.4) is 0 Å². The smallest absolute Gasteiger partial charge is 0.254 e. The summed E-state index contributed by atoms with van der Waals surface area (Å²) in [6.45, 7) is 4.09. The number of pyridine rings is 1. The van der Waals surface area contributed by atoms with Crippen molar-refractivity contribution in [3.63, 3.8) is 0 Å². The first-order valence-electron chi connectivity index (χ1n) is 6.43. The molecule has 3 nitrogen and oxygen atoms in total. The van der Waals surface area contributed by atoms with E-state index >= 15 is 0 Å². The molecule has 1 aromatic heterocycles. The minimum Gasteiger partial charge on any atom is -0.339 e. The lowest BCUT2D eigenvalue weighted by Gasteiger charge is -2.34. The van der Waals surface area contributed by atoms with Crippen molar-refractivity contribution < 1.29 is 4.79 Å². The summed E-state index contributed by atoms with van der Waals surface area (Å²) in [6, 6.07) is 3.91. The molecule has 1 aliphatic rings. The Labute approximate surface area is 113 Å². The zero-order valence-corrected chi connectivity index (χ0v) is 11.9. The molecule has 0 N–H and O–H groups in total. The molecule has 0 saturated heterocycles. The van der Waals surface area contributed by atoms with Crippen LogP contribution in [0, 0.1) is 0 Å². The highest BCUT2D eigenvalue weighted by atomic mass is 35.5. The Hall–Kier alpha value is -1.09. The fourth-order valence-electron chi connectivity index (χ4n) is 2.08. The summed E-state index contributed by atoms with van der Waals surface area (Å²) in [5.74, 6) is 0.315. The summed E-state index contributed by atoms with van der Waals surface area (Å²) < 4.78 is 0. The van der Waals surface area contributed by atoms with E-state index in [4.69, 9.17) is 11.6 Å². The third-order valence-corrected chi connectivity index (χ3v) is 3.79. The summed E-state index contributed by atoms with van der Waals surface area (Å²) in [4.78, 5) is 18.4. The van der Waals surface area contributed by atoms with Crippen LogP contribution < -0.4 is 0 Å². The lowest BCUT2D eigenvalue weighted by Crippen LogP contribution is -2.41. The standard InChI is InChI=1S/C14H19ClN2O/c1-9(2)12-7-10(8-13(15)16-12)14(18)17(3)11-5-4-6-11/h7-9,11H,4-6H2,1-3H3. The largest absolute Gasteiger partial charge is 0.339 e. The lowest BCUT2D eigenvalue weighted by atomic mass is 9.91. The van der Waals surface area contributed by atoms with E-state index in [-0.39, 0.29) is 11.8 Å². The molecule has 0 unspecified atom stereocenters. The van der Waals surface area contributed by atoms with Gasteiger partial charge in [-0.25, -0.2) is 4.98 Å². The number of rotatable bonds is 3. The second-order valence-corrected chi connectivity index (χ2v) is 5.65. The van der Waals surface area contributed by atoms with Crippen LogP contribution in [0.15, 0.2) is 12.1 Å². The van der Waals surface area contributed by atoms with Crippen LogP contribution in [0.25, 0.3) is 0 Å². The Kier molecular flexibility index (Phi) is 3.91. The molecule has 18 heavy (non-hydrogen) atoms. The average Bonchev–Trinajstić information content (AvgIpc) is 2.24. The highest BCUT2D eigenvalue weighted by molar-refractivity contribution is 6.29. The molecule has 0 spiro atoms. The minimum absolute atomic E-state index is 0.0471. The van der Waals surface area contributed by atoms with Crippen LogP contribution in [-0.2, 0) is 0 Å². The van der Waals surface area contributed by atoms with Gasteiger partial charge >= 0.3 is 0 Å². The topological polar surface area (TPSA) is 33.2 Å². The molecule has 1 aromatic rings. The van der Waals surface area contributed by atoms with Gasteiger partial charge in [-0.05, 0) is 37.3 Å². The van der Waals surface area contributed by atoms with Crippen LogP contribution in [0.1, 0.15) is 55.1 Å². The molecule has 0 radical (unpaired) electrons. The Morgan fingerprint density at radius 2 is 2.11 bits per heavy atom. The van der Waals surface area contributed by atoms with Gasteiger partial charge in [-0.1, -0.05) is 25.4 Å². The maximum absolute atomic E-state index is 12.3. The molecular formula is C14H19ClN2O. The Morgan fingerprint density at radius 1 is 1.44 bits per heavy atom. The van der Waals surface area contributed by atoms with Gasteiger partial charge in [-0.2, -0.15) is 0 Å². The number of carbonyl (C=O) groups is 1. The van der Waals surface area contributed by atoms with E-state index in [2.05, 4.69) is 4.98 Å². The van der Waals surface area contributed by atoms with Crippen LogP contribution in [0.2, 0.25) is 5.15 Å². The van der Waals surface area contributed by atoms with Crippen LogP contribution in [0.5, 0.6) is 0 Å². The van der Waals surface area contributed by atoms with Crippen molar-refractivity contribution in [3.8, 4) is 0 Å². The number of halogens is 1. The van der Waals surface area contributed by atoms with Crippen molar-refractivity contribution >= 4 is 17.5 Å². The normalized spacial score (nSPS) is 15.6. The quantitative estimate of drug-likeness (QED) is 0.785. The number of hydrogen-bond acceptors (Lipinski definition) is 2. The number of carbonyl (C=O) groups excluding carboxylic acids is 1. The maximum Gasteiger partial charge on any atom is 0.254 e. The van der Waals surface area contributed by atoms with Crippen LogP contribution >= 0.6 is 11.6 Å². The van der Waals surface area contributed by atoms with E-state index in [0.29, 0.717) is 16.8 Å². The van der Waals surface area contributed by atoms with Crippen LogP contribution in [0.4, 0.5) is 0 Å². The first-order valence-corrected chi connectivity index (χ1v) is 6.81. The molecule has 0 atom stereocenters. The van der Waals surface area contributed by atoms with Gasteiger partial charge in [0.2, 0.25) is 0 Å². The highest BCUT2D eigenvalue weighted by Gasteiger charge is 2.26. The summed E-state index contributed by atoms with van der Waals surface area (Å²) in [5.41, 5.74) is 1.51. The van der Waals surface area contributed by atoms with Gasteiger partial charge in [0.15, 0.2) is 0 Å². The second-order valence-electron chi connectivity index (χ2n) is 5.26. The molecule has 1 saturated carbocycles. The summed E-state index contributed by atoms with van der Waals surface area (Å²) in [7, 11) is 1.87. The van der Waals surface area contributed by atoms with Crippen molar-refractivity contribution in [3.05, 3.63) is 28.5 Å². The van der Waals surface area contributed by atoms with Gasteiger partial charge in [0.25, 0.3) is 5.91 Å². The summed E-state index contributed by atoms with van der Waals surface area (Å²) in [5, 5.41) is 0.395. The zero-order valence-electron chi connectivity index (χ0n) is 11.1. The van der Waals surface area contributed by atoms with Crippen molar-refractivity contribution in [2.24, 2.45) is 0 Å². The SMILES string of the molecule is CC(C)c1cc(C(=O)N(C)C2CCC2)cc(Cl)n1. The monoisotopic (exact) mass is 266 g/mol. The molecule has 0 bridgehead atoms. The summed E-state index contributed by atoms with van der Waals surface area (Å²) in [6.07, 6.45) is 3.44. The molecule has 4 heteroatoms. The highest BCUT2D eigenvalue weighted by Crippen LogP contribution is 2.26. The molecule has 1 fully saturated rings. The Bertz CT molecular complexity index is 455. The van der Waals surface area contributed by atoms with Crippen molar-refractivity contribution in [1.82, 2.24) is 9.88 Å². The van der Waals surface area contributed by atoms with Crippen molar-refractivity contribution in [1.29, 1.82) is 0 Å². The van der Waals surface area contributed by atoms with E-state index in [1.54, 1.807) is 6.07 Å². The Balaban J connectivity index is 2.23. The van der Waals surface area contributed by atoms with Gasteiger partial charge in [0, 0.05) is 24.3 Å². The first-order chi connectivity index (χ1) is 8.49. The summed E-state index contributed by atoms with van der Waals surface area (Å²) >= 11 is 5.99. The fourth-order valence-corrected chi connectivity index (χ4v) is 2.30. The van der Waals surface area contributed by atoms with E-state index in [0.717, 1.165) is 18.5 Å². The molecule has 1 aliphatic carbocycles. The molecule has 1 heterocycles. The molecule has 98 valence electrons.